The molecule has 142 valence electrons. The van der Waals surface area contributed by atoms with Crippen LogP contribution in [-0.4, -0.2) is 32.6 Å². The van der Waals surface area contributed by atoms with Gasteiger partial charge in [0, 0.05) is 11.6 Å². The molecule has 0 spiro atoms. The number of hydrogen-bond donors (Lipinski definition) is 0. The molecule has 0 saturated carbocycles. The normalized spacial score (nSPS) is 10.7. The number of esters is 1. The van der Waals surface area contributed by atoms with Crippen LogP contribution in [0.25, 0.3) is 6.08 Å². The first-order valence-corrected chi connectivity index (χ1v) is 8.60. The van der Waals surface area contributed by atoms with Gasteiger partial charge < -0.3 is 14.2 Å². The first-order valence-electron chi connectivity index (χ1n) is 8.22. The zero-order valence-corrected chi connectivity index (χ0v) is 16.4. The van der Waals surface area contributed by atoms with Gasteiger partial charge in [0.05, 0.1) is 19.2 Å². The summed E-state index contributed by atoms with van der Waals surface area (Å²) in [4.78, 5) is 24.2. The van der Waals surface area contributed by atoms with Gasteiger partial charge in [-0.1, -0.05) is 29.3 Å². The van der Waals surface area contributed by atoms with E-state index in [4.69, 9.17) is 25.8 Å². The van der Waals surface area contributed by atoms with Gasteiger partial charge in [0.2, 0.25) is 5.78 Å². The van der Waals surface area contributed by atoms with E-state index in [1.54, 1.807) is 18.2 Å². The summed E-state index contributed by atoms with van der Waals surface area (Å²) >= 11 is 6.13. The minimum absolute atomic E-state index is 0.243. The van der Waals surface area contributed by atoms with Crippen molar-refractivity contribution in [3.63, 3.8) is 0 Å². The summed E-state index contributed by atoms with van der Waals surface area (Å²) in [5, 5.41) is 0.356. The fourth-order valence-electron chi connectivity index (χ4n) is 2.50. The Morgan fingerprint density at radius 3 is 2.48 bits per heavy atom. The van der Waals surface area contributed by atoms with E-state index in [9.17, 15) is 9.59 Å². The van der Waals surface area contributed by atoms with Crippen LogP contribution in [0.15, 0.2) is 36.4 Å². The van der Waals surface area contributed by atoms with Crippen molar-refractivity contribution < 1.29 is 23.8 Å². The topological polar surface area (TPSA) is 61.8 Å². The van der Waals surface area contributed by atoms with Gasteiger partial charge in [-0.2, -0.15) is 0 Å². The molecule has 27 heavy (non-hydrogen) atoms. The molecular weight excluding hydrogens is 368 g/mol. The summed E-state index contributed by atoms with van der Waals surface area (Å²) in [6.45, 7) is 3.43. The second kappa shape index (κ2) is 9.24. The van der Waals surface area contributed by atoms with E-state index in [1.807, 2.05) is 26.0 Å². The minimum Gasteiger partial charge on any atom is -0.493 e. The van der Waals surface area contributed by atoms with Crippen molar-refractivity contribution >= 4 is 29.4 Å². The fourth-order valence-corrected chi connectivity index (χ4v) is 2.79. The van der Waals surface area contributed by atoms with Gasteiger partial charge in [0.15, 0.2) is 18.1 Å². The number of carbonyl (C=O) groups excluding carboxylic acids is 2. The van der Waals surface area contributed by atoms with Crippen LogP contribution in [0.4, 0.5) is 0 Å². The van der Waals surface area contributed by atoms with Gasteiger partial charge in [-0.05, 0) is 49.2 Å². The summed E-state index contributed by atoms with van der Waals surface area (Å²) in [5.41, 5.74) is 3.01. The van der Waals surface area contributed by atoms with Gasteiger partial charge in [-0.25, -0.2) is 4.79 Å². The maximum atomic E-state index is 12.2. The second-order valence-corrected chi connectivity index (χ2v) is 6.33. The van der Waals surface area contributed by atoms with Crippen LogP contribution in [0.1, 0.15) is 27.0 Å². The Morgan fingerprint density at radius 1 is 1.07 bits per heavy atom. The van der Waals surface area contributed by atoms with Crippen LogP contribution < -0.4 is 9.47 Å². The molecule has 2 aromatic rings. The second-order valence-electron chi connectivity index (χ2n) is 5.92. The van der Waals surface area contributed by atoms with Crippen LogP contribution in [0.2, 0.25) is 5.02 Å². The number of ether oxygens (including phenoxy) is 3. The fraction of sp³-hybridized carbons (Fsp3) is 0.238. The first kappa shape index (κ1) is 20.5. The lowest BCUT2D eigenvalue weighted by molar-refractivity contribution is -0.136. The van der Waals surface area contributed by atoms with Gasteiger partial charge in [0.25, 0.3) is 0 Å². The number of aryl methyl sites for hydroxylation is 2. The predicted molar refractivity (Wildman–Crippen MR) is 105 cm³/mol. The Bertz CT molecular complexity index is 886. The van der Waals surface area contributed by atoms with Gasteiger partial charge >= 0.3 is 5.97 Å². The Hall–Kier alpha value is -2.79. The van der Waals surface area contributed by atoms with Crippen molar-refractivity contribution in [3.05, 3.63) is 63.7 Å². The molecule has 0 unspecified atom stereocenters. The summed E-state index contributed by atoms with van der Waals surface area (Å²) in [7, 11) is 2.98. The molecule has 0 bridgehead atoms. The Morgan fingerprint density at radius 2 is 1.81 bits per heavy atom. The highest BCUT2D eigenvalue weighted by Crippen LogP contribution is 2.36. The number of benzene rings is 2. The van der Waals surface area contributed by atoms with Crippen molar-refractivity contribution in [3.8, 4) is 11.5 Å². The molecule has 0 aliphatic heterocycles. The monoisotopic (exact) mass is 388 g/mol. The first-order chi connectivity index (χ1) is 12.8. The van der Waals surface area contributed by atoms with Gasteiger partial charge in [-0.15, -0.1) is 0 Å². The highest BCUT2D eigenvalue weighted by molar-refractivity contribution is 6.32. The molecule has 0 amide bonds. The lowest BCUT2D eigenvalue weighted by Crippen LogP contribution is -2.13. The largest absolute Gasteiger partial charge is 0.493 e. The maximum absolute atomic E-state index is 12.2. The minimum atomic E-state index is -0.625. The molecule has 0 N–H and O–H groups in total. The van der Waals surface area contributed by atoms with E-state index in [1.165, 1.54) is 26.4 Å². The molecular formula is C21H21ClO5. The van der Waals surface area contributed by atoms with Crippen LogP contribution in [0.5, 0.6) is 11.5 Å². The van der Waals surface area contributed by atoms with E-state index in [0.717, 1.165) is 11.1 Å². The molecule has 5 nitrogen and oxygen atoms in total. The maximum Gasteiger partial charge on any atom is 0.331 e. The average Bonchev–Trinajstić information content (AvgIpc) is 2.65. The SMILES string of the molecule is COc1cc(C=CC(=O)OCC(=O)c2cc(C)ccc2C)cc(Cl)c1OC. The summed E-state index contributed by atoms with van der Waals surface area (Å²) in [6.07, 6.45) is 2.76. The number of Topliss-reactive ketones (excluding diaryl/α,β-unsaturated/α-hetero) is 1. The highest BCUT2D eigenvalue weighted by Gasteiger charge is 2.12. The standard InChI is InChI=1S/C21H21ClO5/c1-13-5-6-14(2)16(9-13)18(23)12-27-20(24)8-7-15-10-17(22)21(26-4)19(11-15)25-3/h5-11H,12H2,1-4H3. The van der Waals surface area contributed by atoms with Crippen molar-refractivity contribution in [1.82, 2.24) is 0 Å². The molecule has 0 saturated heterocycles. The number of methoxy groups -OCH3 is 2. The Balaban J connectivity index is 2.02. The summed E-state index contributed by atoms with van der Waals surface area (Å²) in [6, 6.07) is 8.89. The van der Waals surface area contributed by atoms with Crippen LogP contribution in [-0.2, 0) is 9.53 Å². The smallest absolute Gasteiger partial charge is 0.331 e. The third-order valence-corrected chi connectivity index (χ3v) is 4.19. The van der Waals surface area contributed by atoms with E-state index in [-0.39, 0.29) is 12.4 Å². The molecule has 0 aliphatic rings. The number of ketones is 1. The Labute approximate surface area is 163 Å². The zero-order valence-electron chi connectivity index (χ0n) is 15.7. The van der Waals surface area contributed by atoms with Crippen LogP contribution in [0, 0.1) is 13.8 Å². The van der Waals surface area contributed by atoms with E-state index >= 15 is 0 Å². The summed E-state index contributed by atoms with van der Waals surface area (Å²) < 4.78 is 15.4. The van der Waals surface area contributed by atoms with Crippen molar-refractivity contribution in [2.24, 2.45) is 0 Å². The van der Waals surface area contributed by atoms with Gasteiger partial charge in [-0.3, -0.25) is 4.79 Å². The van der Waals surface area contributed by atoms with Crippen LogP contribution in [0.3, 0.4) is 0 Å². The molecule has 0 radical (unpaired) electrons. The predicted octanol–water partition coefficient (Wildman–Crippen LogP) is 4.41. The molecule has 0 atom stereocenters. The van der Waals surface area contributed by atoms with E-state index < -0.39 is 5.97 Å². The van der Waals surface area contributed by atoms with Crippen molar-refractivity contribution in [2.75, 3.05) is 20.8 Å². The molecule has 6 heteroatoms. The van der Waals surface area contributed by atoms with Crippen molar-refractivity contribution in [1.29, 1.82) is 0 Å². The molecule has 0 aliphatic carbocycles. The molecule has 0 heterocycles. The molecule has 0 fully saturated rings. The average molecular weight is 389 g/mol. The lowest BCUT2D eigenvalue weighted by atomic mass is 10.0. The highest BCUT2D eigenvalue weighted by atomic mass is 35.5. The number of halogens is 1. The van der Waals surface area contributed by atoms with Crippen LogP contribution >= 0.6 is 11.6 Å². The molecule has 2 rings (SSSR count). The third-order valence-electron chi connectivity index (χ3n) is 3.91. The quantitative estimate of drug-likeness (QED) is 0.399. The van der Waals surface area contributed by atoms with E-state index in [0.29, 0.717) is 27.6 Å². The lowest BCUT2D eigenvalue weighted by Gasteiger charge is -2.10. The molecule has 2 aromatic carbocycles. The van der Waals surface area contributed by atoms with Crippen molar-refractivity contribution in [2.45, 2.75) is 13.8 Å². The molecule has 0 aromatic heterocycles. The Kier molecular flexibility index (Phi) is 7.02. The zero-order chi connectivity index (χ0) is 20.0. The third kappa shape index (κ3) is 5.34. The number of carbonyl (C=O) groups is 2. The van der Waals surface area contributed by atoms with Gasteiger partial charge in [0.1, 0.15) is 0 Å². The summed E-state index contributed by atoms with van der Waals surface area (Å²) in [5.74, 6) is -0.00666. The van der Waals surface area contributed by atoms with E-state index in [2.05, 4.69) is 0 Å². The number of rotatable bonds is 7. The number of hydrogen-bond acceptors (Lipinski definition) is 5.